The predicted octanol–water partition coefficient (Wildman–Crippen LogP) is 3.12. The van der Waals surface area contributed by atoms with Gasteiger partial charge in [-0.2, -0.15) is 0 Å². The van der Waals surface area contributed by atoms with E-state index in [1.165, 1.54) is 16.8 Å². The first-order valence-corrected chi connectivity index (χ1v) is 8.02. The number of fused-ring (bicyclic) bond motifs is 1. The summed E-state index contributed by atoms with van der Waals surface area (Å²) in [7, 11) is 2.21. The highest BCUT2D eigenvalue weighted by atomic mass is 32.1. The standard InChI is InChI=1S/C16H21N3S/c1-12-18-14(11-20-12)10-19(2)16-7-8-17-9-13-5-3-4-6-15(13)16/h3-6,11,16-17H,7-10H2,1-2H3. The molecule has 0 aliphatic carbocycles. The Morgan fingerprint density at radius 1 is 1.40 bits per heavy atom. The summed E-state index contributed by atoms with van der Waals surface area (Å²) in [5.41, 5.74) is 4.08. The van der Waals surface area contributed by atoms with Gasteiger partial charge >= 0.3 is 0 Å². The molecule has 3 rings (SSSR count). The molecule has 2 heterocycles. The van der Waals surface area contributed by atoms with Crippen LogP contribution in [0.3, 0.4) is 0 Å². The van der Waals surface area contributed by atoms with E-state index < -0.39 is 0 Å². The van der Waals surface area contributed by atoms with Gasteiger partial charge in [0.2, 0.25) is 0 Å². The van der Waals surface area contributed by atoms with Crippen molar-refractivity contribution >= 4 is 11.3 Å². The van der Waals surface area contributed by atoms with E-state index in [1.807, 2.05) is 0 Å². The van der Waals surface area contributed by atoms with Crippen LogP contribution in [-0.4, -0.2) is 23.5 Å². The van der Waals surface area contributed by atoms with Gasteiger partial charge in [0.1, 0.15) is 0 Å². The summed E-state index contributed by atoms with van der Waals surface area (Å²) in [4.78, 5) is 7.02. The van der Waals surface area contributed by atoms with Crippen molar-refractivity contribution in [3.63, 3.8) is 0 Å². The second-order valence-corrected chi connectivity index (χ2v) is 6.52. The summed E-state index contributed by atoms with van der Waals surface area (Å²) < 4.78 is 0. The fourth-order valence-corrected chi connectivity index (χ4v) is 3.55. The van der Waals surface area contributed by atoms with E-state index in [1.54, 1.807) is 11.3 Å². The normalized spacial score (nSPS) is 18.9. The van der Waals surface area contributed by atoms with Crippen LogP contribution in [0.2, 0.25) is 0 Å². The Bertz CT molecular complexity index is 579. The number of rotatable bonds is 3. The maximum atomic E-state index is 4.59. The molecule has 1 N–H and O–H groups in total. The van der Waals surface area contributed by atoms with Gasteiger partial charge < -0.3 is 5.32 Å². The van der Waals surface area contributed by atoms with Crippen molar-refractivity contribution in [3.8, 4) is 0 Å². The van der Waals surface area contributed by atoms with Crippen LogP contribution in [0.15, 0.2) is 29.6 Å². The molecule has 1 aliphatic rings. The molecular formula is C16H21N3S. The smallest absolute Gasteiger partial charge is 0.0897 e. The summed E-state index contributed by atoms with van der Waals surface area (Å²) >= 11 is 1.73. The van der Waals surface area contributed by atoms with Crippen LogP contribution >= 0.6 is 11.3 Å². The molecule has 4 heteroatoms. The molecule has 1 unspecified atom stereocenters. The van der Waals surface area contributed by atoms with Crippen LogP contribution in [0.25, 0.3) is 0 Å². The number of hydrogen-bond donors (Lipinski definition) is 1. The number of benzene rings is 1. The molecule has 1 aromatic carbocycles. The predicted molar refractivity (Wildman–Crippen MR) is 83.8 cm³/mol. The van der Waals surface area contributed by atoms with Crippen LogP contribution in [0, 0.1) is 6.92 Å². The van der Waals surface area contributed by atoms with Crippen molar-refractivity contribution < 1.29 is 0 Å². The van der Waals surface area contributed by atoms with E-state index >= 15 is 0 Å². The van der Waals surface area contributed by atoms with Crippen molar-refractivity contribution in [1.29, 1.82) is 0 Å². The highest BCUT2D eigenvalue weighted by molar-refractivity contribution is 7.09. The summed E-state index contributed by atoms with van der Waals surface area (Å²) in [5, 5.41) is 6.84. The van der Waals surface area contributed by atoms with Gasteiger partial charge in [-0.1, -0.05) is 24.3 Å². The van der Waals surface area contributed by atoms with Gasteiger partial charge in [0.15, 0.2) is 0 Å². The zero-order valence-corrected chi connectivity index (χ0v) is 12.9. The highest BCUT2D eigenvalue weighted by Crippen LogP contribution is 2.29. The van der Waals surface area contributed by atoms with Gasteiger partial charge in [-0.05, 0) is 38.1 Å². The van der Waals surface area contributed by atoms with Gasteiger partial charge in [-0.15, -0.1) is 11.3 Å². The molecule has 20 heavy (non-hydrogen) atoms. The lowest BCUT2D eigenvalue weighted by molar-refractivity contribution is 0.224. The second kappa shape index (κ2) is 6.04. The van der Waals surface area contributed by atoms with Crippen molar-refractivity contribution in [1.82, 2.24) is 15.2 Å². The lowest BCUT2D eigenvalue weighted by Gasteiger charge is -2.28. The molecule has 3 nitrogen and oxygen atoms in total. The van der Waals surface area contributed by atoms with Gasteiger partial charge in [0, 0.05) is 24.5 Å². The summed E-state index contributed by atoms with van der Waals surface area (Å²) in [5.74, 6) is 0. The molecule has 0 spiro atoms. The number of nitrogens with zero attached hydrogens (tertiary/aromatic N) is 2. The van der Waals surface area contributed by atoms with E-state index in [0.717, 1.165) is 31.1 Å². The number of aromatic nitrogens is 1. The first-order valence-electron chi connectivity index (χ1n) is 7.14. The Labute approximate surface area is 124 Å². The van der Waals surface area contributed by atoms with E-state index in [9.17, 15) is 0 Å². The third-order valence-electron chi connectivity index (χ3n) is 3.93. The van der Waals surface area contributed by atoms with Gasteiger partial charge in [0.25, 0.3) is 0 Å². The minimum atomic E-state index is 0.475. The van der Waals surface area contributed by atoms with Crippen molar-refractivity contribution in [2.75, 3.05) is 13.6 Å². The fraction of sp³-hybridized carbons (Fsp3) is 0.438. The van der Waals surface area contributed by atoms with Gasteiger partial charge in [0.05, 0.1) is 10.7 Å². The summed E-state index contributed by atoms with van der Waals surface area (Å²) in [6.45, 7) is 5.04. The first kappa shape index (κ1) is 13.7. The monoisotopic (exact) mass is 287 g/mol. The third-order valence-corrected chi connectivity index (χ3v) is 4.76. The van der Waals surface area contributed by atoms with Gasteiger partial charge in [-0.25, -0.2) is 4.98 Å². The maximum Gasteiger partial charge on any atom is 0.0897 e. The molecular weight excluding hydrogens is 266 g/mol. The van der Waals surface area contributed by atoms with Crippen LogP contribution in [0.1, 0.15) is 34.3 Å². The summed E-state index contributed by atoms with van der Waals surface area (Å²) in [6.07, 6.45) is 1.15. The Morgan fingerprint density at radius 3 is 3.05 bits per heavy atom. The van der Waals surface area contributed by atoms with Gasteiger partial charge in [-0.3, -0.25) is 4.90 Å². The van der Waals surface area contributed by atoms with E-state index in [0.29, 0.717) is 6.04 Å². The molecule has 0 amide bonds. The minimum Gasteiger partial charge on any atom is -0.313 e. The quantitative estimate of drug-likeness (QED) is 0.940. The number of nitrogens with one attached hydrogen (secondary N) is 1. The molecule has 0 saturated carbocycles. The Morgan fingerprint density at radius 2 is 2.25 bits per heavy atom. The van der Waals surface area contributed by atoms with Crippen molar-refractivity contribution in [3.05, 3.63) is 51.5 Å². The van der Waals surface area contributed by atoms with Crippen LogP contribution in [-0.2, 0) is 13.1 Å². The number of thiazole rings is 1. The number of aryl methyl sites for hydroxylation is 1. The zero-order chi connectivity index (χ0) is 13.9. The molecule has 0 fully saturated rings. The lowest BCUT2D eigenvalue weighted by Crippen LogP contribution is -2.25. The molecule has 1 atom stereocenters. The van der Waals surface area contributed by atoms with Crippen LogP contribution < -0.4 is 5.32 Å². The fourth-order valence-electron chi connectivity index (χ4n) is 2.94. The minimum absolute atomic E-state index is 0.475. The second-order valence-electron chi connectivity index (χ2n) is 5.45. The average molecular weight is 287 g/mol. The molecule has 0 saturated heterocycles. The largest absolute Gasteiger partial charge is 0.313 e. The Balaban J connectivity index is 1.81. The number of hydrogen-bond acceptors (Lipinski definition) is 4. The Hall–Kier alpha value is -1.23. The van der Waals surface area contributed by atoms with Crippen LogP contribution in [0.4, 0.5) is 0 Å². The average Bonchev–Trinajstić information content (AvgIpc) is 2.74. The molecule has 2 aromatic rings. The SMILES string of the molecule is Cc1nc(CN(C)C2CCNCc3ccccc32)cs1. The molecule has 0 bridgehead atoms. The summed E-state index contributed by atoms with van der Waals surface area (Å²) in [6, 6.07) is 9.27. The molecule has 0 radical (unpaired) electrons. The highest BCUT2D eigenvalue weighted by Gasteiger charge is 2.22. The zero-order valence-electron chi connectivity index (χ0n) is 12.1. The molecule has 1 aliphatic heterocycles. The lowest BCUT2D eigenvalue weighted by atomic mass is 9.98. The van der Waals surface area contributed by atoms with Crippen molar-refractivity contribution in [2.24, 2.45) is 0 Å². The van der Waals surface area contributed by atoms with E-state index in [2.05, 4.69) is 58.8 Å². The molecule has 106 valence electrons. The van der Waals surface area contributed by atoms with E-state index in [-0.39, 0.29) is 0 Å². The van der Waals surface area contributed by atoms with Crippen LogP contribution in [0.5, 0.6) is 0 Å². The molecule has 1 aromatic heterocycles. The maximum absolute atomic E-state index is 4.59. The Kier molecular flexibility index (Phi) is 4.15. The van der Waals surface area contributed by atoms with E-state index in [4.69, 9.17) is 0 Å². The topological polar surface area (TPSA) is 28.2 Å². The third kappa shape index (κ3) is 2.92. The van der Waals surface area contributed by atoms with Crippen molar-refractivity contribution in [2.45, 2.75) is 32.5 Å². The first-order chi connectivity index (χ1) is 9.74.